The van der Waals surface area contributed by atoms with Crippen LogP contribution in [0.4, 0.5) is 0 Å². The lowest BCUT2D eigenvalue weighted by molar-refractivity contribution is 0.0785. The predicted molar refractivity (Wildman–Crippen MR) is 111 cm³/mol. The zero-order valence-corrected chi connectivity index (χ0v) is 16.2. The Morgan fingerprint density at radius 1 is 0.821 bits per heavy atom. The lowest BCUT2D eigenvalue weighted by Gasteiger charge is -2.17. The fourth-order valence-corrected chi connectivity index (χ4v) is 3.05. The molecule has 0 atom stereocenters. The normalized spacial score (nSPS) is 10.4. The molecule has 2 amide bonds. The van der Waals surface area contributed by atoms with Crippen LogP contribution in [0.3, 0.4) is 0 Å². The lowest BCUT2D eigenvalue weighted by atomic mass is 10.1. The number of hydrogen-bond acceptors (Lipinski definition) is 2. The number of carbonyl (C=O) groups is 2. The molecule has 4 nitrogen and oxygen atoms in total. The SMILES string of the molecule is Cc1cccc(CNC(=O)c2cccc(C(=O)N(C)Cc3ccccc3)c2)c1. The van der Waals surface area contributed by atoms with Gasteiger partial charge in [-0.2, -0.15) is 0 Å². The molecule has 1 N–H and O–H groups in total. The van der Waals surface area contributed by atoms with Gasteiger partial charge in [0.15, 0.2) is 0 Å². The summed E-state index contributed by atoms with van der Waals surface area (Å²) in [5.41, 5.74) is 4.24. The molecular weight excluding hydrogens is 348 g/mol. The van der Waals surface area contributed by atoms with Crippen LogP contribution in [0.5, 0.6) is 0 Å². The Balaban J connectivity index is 1.65. The summed E-state index contributed by atoms with van der Waals surface area (Å²) in [5.74, 6) is -0.306. The fourth-order valence-electron chi connectivity index (χ4n) is 3.05. The zero-order chi connectivity index (χ0) is 19.9. The monoisotopic (exact) mass is 372 g/mol. The molecule has 0 fully saturated rings. The quantitative estimate of drug-likeness (QED) is 0.705. The topological polar surface area (TPSA) is 49.4 Å². The largest absolute Gasteiger partial charge is 0.348 e. The number of amides is 2. The molecule has 0 saturated heterocycles. The van der Waals surface area contributed by atoms with Crippen molar-refractivity contribution in [1.82, 2.24) is 10.2 Å². The van der Waals surface area contributed by atoms with E-state index in [-0.39, 0.29) is 11.8 Å². The van der Waals surface area contributed by atoms with Gasteiger partial charge in [-0.25, -0.2) is 0 Å². The van der Waals surface area contributed by atoms with Crippen LogP contribution in [0, 0.1) is 6.92 Å². The van der Waals surface area contributed by atoms with Gasteiger partial charge in [-0.05, 0) is 36.2 Å². The zero-order valence-electron chi connectivity index (χ0n) is 16.2. The summed E-state index contributed by atoms with van der Waals surface area (Å²) in [6.07, 6.45) is 0. The van der Waals surface area contributed by atoms with Crippen LogP contribution in [0.25, 0.3) is 0 Å². The van der Waals surface area contributed by atoms with Crippen LogP contribution >= 0.6 is 0 Å². The number of nitrogens with one attached hydrogen (secondary N) is 1. The van der Waals surface area contributed by atoms with Crippen LogP contribution in [-0.2, 0) is 13.1 Å². The standard InChI is InChI=1S/C24H24N2O2/c1-18-8-6-11-20(14-18)16-25-23(27)21-12-7-13-22(15-21)24(28)26(2)17-19-9-4-3-5-10-19/h3-15H,16-17H2,1-2H3,(H,25,27). The third-order valence-electron chi connectivity index (χ3n) is 4.52. The van der Waals surface area contributed by atoms with E-state index in [4.69, 9.17) is 0 Å². The second-order valence-corrected chi connectivity index (χ2v) is 6.90. The summed E-state index contributed by atoms with van der Waals surface area (Å²) >= 11 is 0. The molecule has 142 valence electrons. The van der Waals surface area contributed by atoms with E-state index >= 15 is 0 Å². The molecule has 0 bridgehead atoms. The highest BCUT2D eigenvalue weighted by Gasteiger charge is 2.14. The average molecular weight is 372 g/mol. The molecule has 0 saturated carbocycles. The molecule has 0 unspecified atom stereocenters. The highest BCUT2D eigenvalue weighted by molar-refractivity contribution is 5.99. The predicted octanol–water partition coefficient (Wildman–Crippen LogP) is 4.20. The summed E-state index contributed by atoms with van der Waals surface area (Å²) in [4.78, 5) is 26.9. The highest BCUT2D eigenvalue weighted by Crippen LogP contribution is 2.11. The first-order valence-electron chi connectivity index (χ1n) is 9.26. The molecule has 0 spiro atoms. The van der Waals surface area contributed by atoms with Crippen molar-refractivity contribution in [1.29, 1.82) is 0 Å². The maximum atomic E-state index is 12.7. The van der Waals surface area contributed by atoms with Gasteiger partial charge >= 0.3 is 0 Å². The first-order valence-corrected chi connectivity index (χ1v) is 9.26. The van der Waals surface area contributed by atoms with E-state index in [0.717, 1.165) is 16.7 Å². The molecule has 0 aliphatic rings. The number of carbonyl (C=O) groups excluding carboxylic acids is 2. The van der Waals surface area contributed by atoms with Crippen LogP contribution in [0.1, 0.15) is 37.4 Å². The minimum atomic E-state index is -0.193. The highest BCUT2D eigenvalue weighted by atomic mass is 16.2. The minimum absolute atomic E-state index is 0.114. The summed E-state index contributed by atoms with van der Waals surface area (Å²) in [5, 5.41) is 2.91. The van der Waals surface area contributed by atoms with E-state index in [2.05, 4.69) is 5.32 Å². The van der Waals surface area contributed by atoms with Crippen molar-refractivity contribution in [2.24, 2.45) is 0 Å². The van der Waals surface area contributed by atoms with Crippen molar-refractivity contribution in [3.8, 4) is 0 Å². The molecular formula is C24H24N2O2. The number of hydrogen-bond donors (Lipinski definition) is 1. The van der Waals surface area contributed by atoms with E-state index in [1.54, 1.807) is 36.2 Å². The van der Waals surface area contributed by atoms with Crippen LogP contribution in [0.15, 0.2) is 78.9 Å². The molecule has 3 aromatic carbocycles. The number of benzene rings is 3. The second-order valence-electron chi connectivity index (χ2n) is 6.90. The number of rotatable bonds is 6. The number of nitrogens with zero attached hydrogens (tertiary/aromatic N) is 1. The van der Waals surface area contributed by atoms with Gasteiger partial charge in [0.05, 0.1) is 0 Å². The van der Waals surface area contributed by atoms with Gasteiger partial charge in [-0.15, -0.1) is 0 Å². The van der Waals surface area contributed by atoms with Crippen LogP contribution in [0.2, 0.25) is 0 Å². The first-order chi connectivity index (χ1) is 13.5. The average Bonchev–Trinajstić information content (AvgIpc) is 2.72. The Kier molecular flexibility index (Phi) is 6.22. The summed E-state index contributed by atoms with van der Waals surface area (Å²) < 4.78 is 0. The molecule has 0 aromatic heterocycles. The maximum Gasteiger partial charge on any atom is 0.253 e. The Morgan fingerprint density at radius 2 is 1.50 bits per heavy atom. The smallest absolute Gasteiger partial charge is 0.253 e. The molecule has 0 radical (unpaired) electrons. The third-order valence-corrected chi connectivity index (χ3v) is 4.52. The molecule has 0 aliphatic carbocycles. The van der Waals surface area contributed by atoms with Gasteiger partial charge in [-0.3, -0.25) is 9.59 Å². The van der Waals surface area contributed by atoms with Crippen molar-refractivity contribution in [3.63, 3.8) is 0 Å². The maximum absolute atomic E-state index is 12.7. The van der Waals surface area contributed by atoms with E-state index in [1.165, 1.54) is 0 Å². The van der Waals surface area contributed by atoms with Gasteiger partial charge in [0.1, 0.15) is 0 Å². The van der Waals surface area contributed by atoms with Gasteiger partial charge in [0.2, 0.25) is 0 Å². The summed E-state index contributed by atoms with van der Waals surface area (Å²) in [7, 11) is 1.76. The summed E-state index contributed by atoms with van der Waals surface area (Å²) in [6.45, 7) is 2.99. The van der Waals surface area contributed by atoms with E-state index in [9.17, 15) is 9.59 Å². The van der Waals surface area contributed by atoms with Gasteiger partial charge in [-0.1, -0.05) is 66.2 Å². The van der Waals surface area contributed by atoms with Crippen molar-refractivity contribution in [2.45, 2.75) is 20.0 Å². The van der Waals surface area contributed by atoms with Crippen molar-refractivity contribution < 1.29 is 9.59 Å². The Bertz CT molecular complexity index is 967. The van der Waals surface area contributed by atoms with Crippen molar-refractivity contribution in [2.75, 3.05) is 7.05 Å². The van der Waals surface area contributed by atoms with Gasteiger partial charge < -0.3 is 10.2 Å². The fraction of sp³-hybridized carbons (Fsp3) is 0.167. The lowest BCUT2D eigenvalue weighted by Crippen LogP contribution is -2.27. The Morgan fingerprint density at radius 3 is 2.25 bits per heavy atom. The van der Waals surface area contributed by atoms with Crippen molar-refractivity contribution in [3.05, 3.63) is 107 Å². The second kappa shape index (κ2) is 9.00. The van der Waals surface area contributed by atoms with E-state index in [1.807, 2.05) is 61.5 Å². The Hall–Kier alpha value is -3.40. The van der Waals surface area contributed by atoms with Gasteiger partial charge in [0, 0.05) is 31.3 Å². The molecule has 3 aromatic rings. The first kappa shape index (κ1) is 19.4. The third kappa shape index (κ3) is 5.07. The molecule has 0 heterocycles. The molecule has 4 heteroatoms. The molecule has 3 rings (SSSR count). The molecule has 0 aliphatic heterocycles. The number of aryl methyl sites for hydroxylation is 1. The van der Waals surface area contributed by atoms with E-state index in [0.29, 0.717) is 24.2 Å². The van der Waals surface area contributed by atoms with Crippen LogP contribution in [-0.4, -0.2) is 23.8 Å². The molecule has 28 heavy (non-hydrogen) atoms. The minimum Gasteiger partial charge on any atom is -0.348 e. The van der Waals surface area contributed by atoms with E-state index < -0.39 is 0 Å². The van der Waals surface area contributed by atoms with Crippen molar-refractivity contribution >= 4 is 11.8 Å². The van der Waals surface area contributed by atoms with Gasteiger partial charge in [0.25, 0.3) is 11.8 Å². The van der Waals surface area contributed by atoms with Crippen LogP contribution < -0.4 is 5.32 Å². The summed E-state index contributed by atoms with van der Waals surface area (Å²) in [6, 6.07) is 24.7. The Labute approximate surface area is 165 Å².